The third-order valence-electron chi connectivity index (χ3n) is 9.37. The highest BCUT2D eigenvalue weighted by Gasteiger charge is 2.66. The van der Waals surface area contributed by atoms with Gasteiger partial charge in [0.05, 0.1) is 29.6 Å². The number of carbonyl (C=O) groups excluding carboxylic acids is 2. The Balaban J connectivity index is 1.26. The molecule has 0 radical (unpaired) electrons. The highest BCUT2D eigenvalue weighted by Crippen LogP contribution is 2.59. The van der Waals surface area contributed by atoms with Crippen molar-refractivity contribution in [3.63, 3.8) is 0 Å². The van der Waals surface area contributed by atoms with Gasteiger partial charge < -0.3 is 19.5 Å². The van der Waals surface area contributed by atoms with Gasteiger partial charge in [0.25, 0.3) is 11.8 Å². The van der Waals surface area contributed by atoms with Gasteiger partial charge in [0.2, 0.25) is 0 Å². The summed E-state index contributed by atoms with van der Waals surface area (Å²) in [4.78, 5) is 42.8. The monoisotopic (exact) mass is 578 g/mol. The van der Waals surface area contributed by atoms with E-state index in [9.17, 15) is 19.5 Å². The summed E-state index contributed by atoms with van der Waals surface area (Å²) in [5.74, 6) is -0.489. The van der Waals surface area contributed by atoms with Crippen molar-refractivity contribution >= 4 is 48.0 Å². The highest BCUT2D eigenvalue weighted by atomic mass is 28.4. The average molecular weight is 579 g/mol. The quantitative estimate of drug-likeness (QED) is 0.280. The molecule has 214 valence electrons. The number of hydrogen-bond acceptors (Lipinski definition) is 5. The number of fused-ring (bicyclic) bond motifs is 2. The minimum Gasteiger partial charge on any atom is -0.432 e. The number of aliphatic hydroxyl groups is 1. The fourth-order valence-corrected chi connectivity index (χ4v) is 10.3. The predicted octanol–water partition coefficient (Wildman–Crippen LogP) is 5.86. The zero-order valence-corrected chi connectivity index (χ0v) is 24.9. The summed E-state index contributed by atoms with van der Waals surface area (Å²) in [6, 6.07) is 27.3. The molecule has 0 saturated carbocycles. The van der Waals surface area contributed by atoms with Crippen molar-refractivity contribution in [1.82, 2.24) is 0 Å². The lowest BCUT2D eigenvalue weighted by molar-refractivity contribution is -0.146. The van der Waals surface area contributed by atoms with E-state index >= 15 is 0 Å². The summed E-state index contributed by atoms with van der Waals surface area (Å²) >= 11 is 0. The number of anilines is 3. The van der Waals surface area contributed by atoms with E-state index in [-0.39, 0.29) is 29.9 Å². The van der Waals surface area contributed by atoms with E-state index in [0.29, 0.717) is 18.5 Å². The van der Waals surface area contributed by atoms with E-state index in [2.05, 4.69) is 0 Å². The van der Waals surface area contributed by atoms with Gasteiger partial charge in [-0.15, -0.1) is 0 Å². The van der Waals surface area contributed by atoms with Crippen LogP contribution in [-0.2, 0) is 21.7 Å². The van der Waals surface area contributed by atoms with Crippen LogP contribution in [0.1, 0.15) is 34.8 Å². The molecule has 0 aliphatic carbocycles. The van der Waals surface area contributed by atoms with Gasteiger partial charge in [-0.25, -0.2) is 0 Å². The van der Waals surface area contributed by atoms with Crippen LogP contribution in [0.5, 0.6) is 0 Å². The average Bonchev–Trinajstić information content (AvgIpc) is 3.52. The first-order valence-electron chi connectivity index (χ1n) is 14.5. The third kappa shape index (κ3) is 3.76. The summed E-state index contributed by atoms with van der Waals surface area (Å²) < 4.78 is 6.67. The standard InChI is InChI=1S/C34H34N2O5Si/c1-21-31(42(2,3)40)29(17-18-37)41-34(21)26-14-4-5-15-27(26)35(33(34)39)20-22-9-6-12-24(19-22)36-28-16-8-11-23-10-7-13-25(30(23)28)32(36)38/h4-16,19,21,29,31,37,40H,17-18,20H2,1-3H3/t21-,29+,31-,34+/m1/s1. The van der Waals surface area contributed by atoms with Crippen LogP contribution in [0.4, 0.5) is 17.1 Å². The number of rotatable bonds is 6. The maximum atomic E-state index is 14.5. The second kappa shape index (κ2) is 9.60. The molecule has 2 amide bonds. The lowest BCUT2D eigenvalue weighted by Gasteiger charge is -2.32. The van der Waals surface area contributed by atoms with Crippen molar-refractivity contribution in [2.24, 2.45) is 5.92 Å². The molecule has 0 aromatic heterocycles. The van der Waals surface area contributed by atoms with Gasteiger partial charge in [-0.1, -0.05) is 61.5 Å². The van der Waals surface area contributed by atoms with Crippen molar-refractivity contribution in [2.45, 2.75) is 50.2 Å². The Labute approximate surface area is 246 Å². The topological polar surface area (TPSA) is 90.3 Å². The summed E-state index contributed by atoms with van der Waals surface area (Å²) in [5, 5.41) is 11.8. The molecule has 1 saturated heterocycles. The first-order valence-corrected chi connectivity index (χ1v) is 17.6. The van der Waals surface area contributed by atoms with Crippen molar-refractivity contribution in [2.75, 3.05) is 16.4 Å². The molecule has 8 heteroatoms. The van der Waals surface area contributed by atoms with Crippen LogP contribution in [0.15, 0.2) is 84.9 Å². The summed E-state index contributed by atoms with van der Waals surface area (Å²) in [7, 11) is -2.75. The number of carbonyl (C=O) groups is 2. The molecule has 4 atom stereocenters. The Kier molecular flexibility index (Phi) is 6.18. The van der Waals surface area contributed by atoms with Crippen LogP contribution >= 0.6 is 0 Å². The molecular formula is C34H34N2O5Si. The van der Waals surface area contributed by atoms with Crippen LogP contribution in [0.25, 0.3) is 10.8 Å². The van der Waals surface area contributed by atoms with Crippen molar-refractivity contribution in [1.29, 1.82) is 0 Å². The molecule has 1 fully saturated rings. The second-order valence-electron chi connectivity index (χ2n) is 12.3. The first-order chi connectivity index (χ1) is 20.2. The van der Waals surface area contributed by atoms with Crippen LogP contribution in [0.2, 0.25) is 18.6 Å². The van der Waals surface area contributed by atoms with E-state index in [4.69, 9.17) is 4.74 Å². The predicted molar refractivity (Wildman–Crippen MR) is 165 cm³/mol. The smallest absolute Gasteiger partial charge is 0.264 e. The molecule has 4 aromatic carbocycles. The highest BCUT2D eigenvalue weighted by molar-refractivity contribution is 6.71. The Hall–Kier alpha value is -3.82. The van der Waals surface area contributed by atoms with Gasteiger partial charge in [0, 0.05) is 34.7 Å². The molecule has 2 N–H and O–H groups in total. The van der Waals surface area contributed by atoms with E-state index in [0.717, 1.165) is 39.0 Å². The second-order valence-corrected chi connectivity index (χ2v) is 16.2. The number of nitrogens with zero attached hydrogens (tertiary/aromatic N) is 2. The van der Waals surface area contributed by atoms with Crippen molar-refractivity contribution in [3.05, 3.63) is 102 Å². The summed E-state index contributed by atoms with van der Waals surface area (Å²) in [6.07, 6.45) is -0.0491. The Morgan fingerprint density at radius 3 is 2.40 bits per heavy atom. The maximum absolute atomic E-state index is 14.5. The molecule has 3 aliphatic heterocycles. The Morgan fingerprint density at radius 1 is 0.929 bits per heavy atom. The molecule has 7 nitrogen and oxygen atoms in total. The zero-order chi connectivity index (χ0) is 29.4. The van der Waals surface area contributed by atoms with E-state index in [1.165, 1.54) is 0 Å². The number of hydrogen-bond donors (Lipinski definition) is 2. The lowest BCUT2D eigenvalue weighted by atomic mass is 9.82. The number of para-hydroxylation sites is 1. The van der Waals surface area contributed by atoms with Crippen LogP contribution in [0, 0.1) is 5.92 Å². The molecule has 7 rings (SSSR count). The zero-order valence-electron chi connectivity index (χ0n) is 23.9. The fraction of sp³-hybridized carbons (Fsp3) is 0.294. The van der Waals surface area contributed by atoms with Crippen LogP contribution in [-0.4, -0.2) is 42.7 Å². The number of amides is 2. The number of benzene rings is 4. The molecule has 3 heterocycles. The molecule has 3 aliphatic rings. The van der Waals surface area contributed by atoms with Gasteiger partial charge >= 0.3 is 0 Å². The van der Waals surface area contributed by atoms with Gasteiger partial charge in [0.15, 0.2) is 13.9 Å². The lowest BCUT2D eigenvalue weighted by Crippen LogP contribution is -2.46. The normalized spacial score (nSPS) is 24.8. The molecular weight excluding hydrogens is 544 g/mol. The Morgan fingerprint density at radius 2 is 1.64 bits per heavy atom. The van der Waals surface area contributed by atoms with Crippen molar-refractivity contribution in [3.8, 4) is 0 Å². The van der Waals surface area contributed by atoms with Crippen molar-refractivity contribution < 1.29 is 24.2 Å². The molecule has 42 heavy (non-hydrogen) atoms. The van der Waals surface area contributed by atoms with Gasteiger partial charge in [-0.05, 0) is 60.8 Å². The first kappa shape index (κ1) is 27.0. The molecule has 4 aromatic rings. The van der Waals surface area contributed by atoms with E-state index < -0.39 is 20.0 Å². The molecule has 0 bridgehead atoms. The SMILES string of the molecule is C[C@@H]1[C@@H]([Si](C)(C)O)[C@H](CCO)O[C@@]12C(=O)N(Cc1cccc(N3C(=O)c4cccc5cccc3c45)c1)c1ccccc12. The summed E-state index contributed by atoms with van der Waals surface area (Å²) in [5.41, 5.74) is 3.33. The minimum atomic E-state index is -2.75. The minimum absolute atomic E-state index is 0.0644. The van der Waals surface area contributed by atoms with Gasteiger partial charge in [-0.3, -0.25) is 14.5 Å². The van der Waals surface area contributed by atoms with Gasteiger partial charge in [0.1, 0.15) is 0 Å². The van der Waals surface area contributed by atoms with Gasteiger partial charge in [-0.2, -0.15) is 0 Å². The summed E-state index contributed by atoms with van der Waals surface area (Å²) in [6.45, 7) is 5.99. The number of ether oxygens (including phenoxy) is 1. The van der Waals surface area contributed by atoms with E-state index in [1.807, 2.05) is 105 Å². The third-order valence-corrected chi connectivity index (χ3v) is 11.9. The fourth-order valence-electron chi connectivity index (χ4n) is 7.73. The van der Waals surface area contributed by atoms with Crippen LogP contribution < -0.4 is 9.80 Å². The molecule has 1 spiro atoms. The largest absolute Gasteiger partial charge is 0.432 e. The Bertz CT molecular complexity index is 1740. The van der Waals surface area contributed by atoms with Crippen LogP contribution in [0.3, 0.4) is 0 Å². The number of aliphatic hydroxyl groups excluding tert-OH is 1. The molecule has 0 unspecified atom stereocenters. The van der Waals surface area contributed by atoms with E-state index in [1.54, 1.807) is 9.80 Å². The maximum Gasteiger partial charge on any atom is 0.264 e.